The number of sulfone groups is 1. The Hall–Kier alpha value is -2.01. The number of ether oxygens (including phenoxy) is 2. The molecule has 9 heteroatoms. The minimum absolute atomic E-state index is 0. The van der Waals surface area contributed by atoms with E-state index in [0.29, 0.717) is 30.4 Å². The maximum Gasteiger partial charge on any atom is 0.231 e. The van der Waals surface area contributed by atoms with E-state index in [9.17, 15) is 8.42 Å². The highest BCUT2D eigenvalue weighted by atomic mass is 127. The third-order valence-electron chi connectivity index (χ3n) is 4.19. The summed E-state index contributed by atoms with van der Waals surface area (Å²) < 4.78 is 35.3. The molecule has 1 heterocycles. The Balaban J connectivity index is 0.00000300. The quantitative estimate of drug-likeness (QED) is 0.236. The fraction of sp³-hybridized carbons (Fsp3) is 0.350. The Morgan fingerprint density at radius 3 is 2.59 bits per heavy atom. The van der Waals surface area contributed by atoms with E-state index in [4.69, 9.17) is 9.47 Å². The van der Waals surface area contributed by atoms with Gasteiger partial charge in [-0.25, -0.2) is 13.4 Å². The molecular weight excluding hydrogens is 505 g/mol. The van der Waals surface area contributed by atoms with Crippen molar-refractivity contribution in [2.24, 2.45) is 4.99 Å². The molecule has 0 saturated heterocycles. The number of benzene rings is 2. The van der Waals surface area contributed by atoms with Gasteiger partial charge >= 0.3 is 0 Å². The van der Waals surface area contributed by atoms with Crippen LogP contribution in [0.3, 0.4) is 0 Å². The molecule has 0 unspecified atom stereocenters. The van der Waals surface area contributed by atoms with Crippen molar-refractivity contribution in [3.8, 4) is 11.5 Å². The standard InChI is InChI=1S/C20H25N3O4S.HI/c1-2-21-20(23-14-16-9-10-18-19(13-16)27-15-26-18)22-11-6-12-28(24,25)17-7-4-3-5-8-17;/h3-5,7-10,13H,2,6,11-12,14-15H2,1H3,(H2,21,22,23);1H. The molecule has 2 aromatic carbocycles. The van der Waals surface area contributed by atoms with Gasteiger partial charge in [0.15, 0.2) is 27.3 Å². The second kappa shape index (κ2) is 11.2. The van der Waals surface area contributed by atoms with Crippen molar-refractivity contribution < 1.29 is 17.9 Å². The van der Waals surface area contributed by atoms with E-state index in [0.717, 1.165) is 23.6 Å². The zero-order valence-electron chi connectivity index (χ0n) is 16.3. The highest BCUT2D eigenvalue weighted by Crippen LogP contribution is 2.32. The average Bonchev–Trinajstić information content (AvgIpc) is 3.18. The molecule has 0 amide bonds. The third kappa shape index (κ3) is 6.77. The highest BCUT2D eigenvalue weighted by Gasteiger charge is 2.14. The lowest BCUT2D eigenvalue weighted by Gasteiger charge is -2.11. The summed E-state index contributed by atoms with van der Waals surface area (Å²) in [5.74, 6) is 2.22. The number of guanidine groups is 1. The first-order valence-electron chi connectivity index (χ1n) is 9.27. The summed E-state index contributed by atoms with van der Waals surface area (Å²) in [6.07, 6.45) is 0.492. The zero-order valence-corrected chi connectivity index (χ0v) is 19.4. The number of halogens is 1. The van der Waals surface area contributed by atoms with E-state index >= 15 is 0 Å². The summed E-state index contributed by atoms with van der Waals surface area (Å²) in [6, 6.07) is 14.3. The molecule has 0 saturated carbocycles. The number of hydrogen-bond acceptors (Lipinski definition) is 5. The van der Waals surface area contributed by atoms with Gasteiger partial charge in [-0.05, 0) is 43.2 Å². The van der Waals surface area contributed by atoms with Gasteiger partial charge in [-0.2, -0.15) is 0 Å². The summed E-state index contributed by atoms with van der Waals surface area (Å²) in [5, 5.41) is 6.35. The van der Waals surface area contributed by atoms with Gasteiger partial charge < -0.3 is 20.1 Å². The van der Waals surface area contributed by atoms with Crippen LogP contribution in [0.5, 0.6) is 11.5 Å². The van der Waals surface area contributed by atoms with E-state index in [1.807, 2.05) is 25.1 Å². The van der Waals surface area contributed by atoms with E-state index in [-0.39, 0.29) is 36.5 Å². The number of aliphatic imine (C=N–C) groups is 1. The molecule has 2 aromatic rings. The first-order chi connectivity index (χ1) is 13.6. The van der Waals surface area contributed by atoms with E-state index in [1.54, 1.807) is 30.3 Å². The Labute approximate surface area is 188 Å². The molecule has 1 aliphatic rings. The van der Waals surface area contributed by atoms with Crippen molar-refractivity contribution in [1.82, 2.24) is 10.6 Å². The molecule has 0 radical (unpaired) electrons. The number of hydrogen-bond donors (Lipinski definition) is 2. The summed E-state index contributed by atoms with van der Waals surface area (Å²) in [6.45, 7) is 3.94. The first kappa shape index (κ1) is 23.3. The molecular formula is C20H26IN3O4S. The number of fused-ring (bicyclic) bond motifs is 1. The predicted molar refractivity (Wildman–Crippen MR) is 124 cm³/mol. The second-order valence-electron chi connectivity index (χ2n) is 6.30. The fourth-order valence-corrected chi connectivity index (χ4v) is 4.10. The molecule has 0 aromatic heterocycles. The Morgan fingerprint density at radius 1 is 1.07 bits per heavy atom. The summed E-state index contributed by atoms with van der Waals surface area (Å²) >= 11 is 0. The molecule has 0 atom stereocenters. The maximum absolute atomic E-state index is 12.3. The van der Waals surface area contributed by atoms with Crippen molar-refractivity contribution in [1.29, 1.82) is 0 Å². The van der Waals surface area contributed by atoms with Gasteiger partial charge in [0.25, 0.3) is 0 Å². The van der Waals surface area contributed by atoms with E-state index < -0.39 is 9.84 Å². The topological polar surface area (TPSA) is 89.0 Å². The Bertz CT molecular complexity index is 921. The second-order valence-corrected chi connectivity index (χ2v) is 8.40. The Kier molecular flexibility index (Phi) is 9.02. The number of rotatable bonds is 8. The largest absolute Gasteiger partial charge is 0.454 e. The van der Waals surface area contributed by atoms with Gasteiger partial charge in [-0.15, -0.1) is 24.0 Å². The van der Waals surface area contributed by atoms with Crippen LogP contribution in [0.1, 0.15) is 18.9 Å². The van der Waals surface area contributed by atoms with Crippen LogP contribution in [0, 0.1) is 0 Å². The lowest BCUT2D eigenvalue weighted by atomic mass is 10.2. The number of nitrogens with zero attached hydrogens (tertiary/aromatic N) is 1. The summed E-state index contributed by atoms with van der Waals surface area (Å²) in [4.78, 5) is 4.91. The van der Waals surface area contributed by atoms with Crippen molar-refractivity contribution in [2.75, 3.05) is 25.6 Å². The molecule has 0 aliphatic carbocycles. The molecule has 3 rings (SSSR count). The molecule has 29 heavy (non-hydrogen) atoms. The minimum atomic E-state index is -3.26. The lowest BCUT2D eigenvalue weighted by Crippen LogP contribution is -2.38. The Morgan fingerprint density at radius 2 is 1.83 bits per heavy atom. The van der Waals surface area contributed by atoms with E-state index in [2.05, 4.69) is 15.6 Å². The molecule has 158 valence electrons. The molecule has 0 bridgehead atoms. The van der Waals surface area contributed by atoms with Gasteiger partial charge in [0.2, 0.25) is 6.79 Å². The van der Waals surface area contributed by atoms with Crippen molar-refractivity contribution >= 4 is 39.8 Å². The van der Waals surface area contributed by atoms with Crippen molar-refractivity contribution in [3.63, 3.8) is 0 Å². The zero-order chi connectivity index (χ0) is 19.8. The fourth-order valence-electron chi connectivity index (χ4n) is 2.77. The highest BCUT2D eigenvalue weighted by molar-refractivity contribution is 14.0. The van der Waals surface area contributed by atoms with E-state index in [1.165, 1.54) is 0 Å². The molecule has 1 aliphatic heterocycles. The first-order valence-corrected chi connectivity index (χ1v) is 10.9. The molecule has 2 N–H and O–H groups in total. The van der Waals surface area contributed by atoms with Crippen LogP contribution < -0.4 is 20.1 Å². The maximum atomic E-state index is 12.3. The molecule has 7 nitrogen and oxygen atoms in total. The van der Waals surface area contributed by atoms with Crippen LogP contribution in [0.15, 0.2) is 58.4 Å². The van der Waals surface area contributed by atoms with Gasteiger partial charge in [0, 0.05) is 13.1 Å². The average molecular weight is 531 g/mol. The molecule has 0 fully saturated rings. The van der Waals surface area contributed by atoms with Crippen LogP contribution in [0.2, 0.25) is 0 Å². The van der Waals surface area contributed by atoms with Gasteiger partial charge in [0.1, 0.15) is 0 Å². The SMILES string of the molecule is CCNC(=NCc1ccc2c(c1)OCO2)NCCCS(=O)(=O)c1ccccc1.I. The van der Waals surface area contributed by atoms with Crippen molar-refractivity contribution in [3.05, 3.63) is 54.1 Å². The molecule has 0 spiro atoms. The summed E-state index contributed by atoms with van der Waals surface area (Å²) in [5.41, 5.74) is 1.01. The third-order valence-corrected chi connectivity index (χ3v) is 6.00. The monoisotopic (exact) mass is 531 g/mol. The van der Waals surface area contributed by atoms with Crippen LogP contribution >= 0.6 is 24.0 Å². The van der Waals surface area contributed by atoms with Crippen LogP contribution in [0.25, 0.3) is 0 Å². The number of nitrogens with one attached hydrogen (secondary N) is 2. The van der Waals surface area contributed by atoms with Crippen molar-refractivity contribution in [2.45, 2.75) is 24.8 Å². The van der Waals surface area contributed by atoms with Gasteiger partial charge in [-0.3, -0.25) is 0 Å². The lowest BCUT2D eigenvalue weighted by molar-refractivity contribution is 0.174. The predicted octanol–water partition coefficient (Wildman–Crippen LogP) is 2.95. The van der Waals surface area contributed by atoms with Crippen LogP contribution in [-0.2, 0) is 16.4 Å². The van der Waals surface area contributed by atoms with Crippen LogP contribution in [-0.4, -0.2) is 40.0 Å². The van der Waals surface area contributed by atoms with Gasteiger partial charge in [-0.1, -0.05) is 24.3 Å². The van der Waals surface area contributed by atoms with Gasteiger partial charge in [0.05, 0.1) is 17.2 Å². The van der Waals surface area contributed by atoms with Crippen LogP contribution in [0.4, 0.5) is 0 Å². The normalized spacial score (nSPS) is 12.9. The summed E-state index contributed by atoms with van der Waals surface area (Å²) in [7, 11) is -3.26. The smallest absolute Gasteiger partial charge is 0.231 e. The minimum Gasteiger partial charge on any atom is -0.454 e.